The average Bonchev–Trinajstić information content (AvgIpc) is 2.02. The van der Waals surface area contributed by atoms with Gasteiger partial charge in [-0.05, 0) is 38.5 Å². The Morgan fingerprint density at radius 1 is 0.786 bits per heavy atom. The molecule has 2 nitrogen and oxygen atoms in total. The lowest BCUT2D eigenvalue weighted by Gasteiger charge is -2.11. The third-order valence-electron chi connectivity index (χ3n) is 2.48. The first-order valence-electron chi connectivity index (χ1n) is 5.88. The van der Waals surface area contributed by atoms with Crippen LogP contribution in [0.1, 0.15) is 59.3 Å². The molecule has 86 valence electrons. The van der Waals surface area contributed by atoms with Crippen LogP contribution in [0.3, 0.4) is 0 Å². The van der Waals surface area contributed by atoms with Crippen molar-refractivity contribution in [2.75, 3.05) is 0 Å². The molecule has 0 aliphatic heterocycles. The van der Waals surface area contributed by atoms with Gasteiger partial charge in [-0.3, -0.25) is 0 Å². The fourth-order valence-electron chi connectivity index (χ4n) is 1.55. The van der Waals surface area contributed by atoms with Crippen LogP contribution in [0.15, 0.2) is 0 Å². The second-order valence-electron chi connectivity index (χ2n) is 4.76. The first-order chi connectivity index (χ1) is 6.52. The summed E-state index contributed by atoms with van der Waals surface area (Å²) in [6, 6.07) is 0. The van der Waals surface area contributed by atoms with Crippen LogP contribution in [0.4, 0.5) is 0 Å². The fraction of sp³-hybridized carbons (Fsp3) is 1.00. The molecule has 0 aromatic rings. The molecule has 2 unspecified atom stereocenters. The molecule has 0 amide bonds. The second-order valence-corrected chi connectivity index (χ2v) is 4.76. The zero-order valence-corrected chi connectivity index (χ0v) is 9.87. The summed E-state index contributed by atoms with van der Waals surface area (Å²) in [5, 5.41) is 18.6. The molecule has 0 aliphatic carbocycles. The molecule has 2 heteroatoms. The molecule has 0 aliphatic rings. The van der Waals surface area contributed by atoms with Gasteiger partial charge in [-0.2, -0.15) is 0 Å². The summed E-state index contributed by atoms with van der Waals surface area (Å²) in [4.78, 5) is 0. The van der Waals surface area contributed by atoms with Crippen molar-refractivity contribution in [3.05, 3.63) is 0 Å². The highest BCUT2D eigenvalue weighted by atomic mass is 16.3. The van der Waals surface area contributed by atoms with Gasteiger partial charge in [0.25, 0.3) is 0 Å². The van der Waals surface area contributed by atoms with Gasteiger partial charge in [0.15, 0.2) is 0 Å². The van der Waals surface area contributed by atoms with Crippen molar-refractivity contribution in [3.63, 3.8) is 0 Å². The van der Waals surface area contributed by atoms with Crippen LogP contribution in [-0.4, -0.2) is 22.4 Å². The van der Waals surface area contributed by atoms with Crippen LogP contribution in [0, 0.1) is 5.92 Å². The molecule has 0 radical (unpaired) electrons. The van der Waals surface area contributed by atoms with Crippen molar-refractivity contribution in [1.82, 2.24) is 0 Å². The zero-order chi connectivity index (χ0) is 11.0. The first-order valence-corrected chi connectivity index (χ1v) is 5.88. The maximum atomic E-state index is 9.59. The largest absolute Gasteiger partial charge is 0.393 e. The van der Waals surface area contributed by atoms with Gasteiger partial charge in [0.1, 0.15) is 0 Å². The predicted octanol–water partition coefficient (Wildman–Crippen LogP) is 2.72. The van der Waals surface area contributed by atoms with E-state index in [1.807, 2.05) is 0 Å². The standard InChI is InChI=1S/C12H26O2/c1-10(2)6-4-8-12(14)9-5-7-11(3)13/h10-14H,4-9H2,1-3H3. The molecule has 14 heavy (non-hydrogen) atoms. The maximum absolute atomic E-state index is 9.59. The van der Waals surface area contributed by atoms with Gasteiger partial charge < -0.3 is 10.2 Å². The van der Waals surface area contributed by atoms with E-state index in [1.54, 1.807) is 6.92 Å². The molecule has 0 rings (SSSR count). The summed E-state index contributed by atoms with van der Waals surface area (Å²) in [5.41, 5.74) is 0. The summed E-state index contributed by atoms with van der Waals surface area (Å²) in [5.74, 6) is 0.736. The molecule has 0 bridgehead atoms. The Morgan fingerprint density at radius 3 is 1.71 bits per heavy atom. The lowest BCUT2D eigenvalue weighted by atomic mass is 10.0. The van der Waals surface area contributed by atoms with Crippen molar-refractivity contribution >= 4 is 0 Å². The SMILES string of the molecule is CC(C)CCCC(O)CCCC(C)O. The molecule has 0 heterocycles. The topological polar surface area (TPSA) is 40.5 Å². The number of aliphatic hydroxyl groups excluding tert-OH is 2. The van der Waals surface area contributed by atoms with E-state index in [4.69, 9.17) is 5.11 Å². The first kappa shape index (κ1) is 13.9. The predicted molar refractivity (Wildman–Crippen MR) is 60.2 cm³/mol. The Morgan fingerprint density at radius 2 is 1.29 bits per heavy atom. The highest BCUT2D eigenvalue weighted by Gasteiger charge is 2.05. The Labute approximate surface area is 88.3 Å². The quantitative estimate of drug-likeness (QED) is 0.635. The minimum Gasteiger partial charge on any atom is -0.393 e. The van der Waals surface area contributed by atoms with Gasteiger partial charge in [-0.15, -0.1) is 0 Å². The van der Waals surface area contributed by atoms with Crippen LogP contribution < -0.4 is 0 Å². The number of rotatable bonds is 8. The third kappa shape index (κ3) is 10.0. The van der Waals surface area contributed by atoms with Crippen LogP contribution in [0.25, 0.3) is 0 Å². The summed E-state index contributed by atoms with van der Waals surface area (Å²) in [7, 11) is 0. The molecule has 0 aromatic carbocycles. The monoisotopic (exact) mass is 202 g/mol. The van der Waals surface area contributed by atoms with E-state index >= 15 is 0 Å². The lowest BCUT2D eigenvalue weighted by molar-refractivity contribution is 0.132. The van der Waals surface area contributed by atoms with E-state index in [0.29, 0.717) is 0 Å². The van der Waals surface area contributed by atoms with E-state index in [2.05, 4.69) is 13.8 Å². The van der Waals surface area contributed by atoms with Crippen LogP contribution in [-0.2, 0) is 0 Å². The molecule has 0 saturated heterocycles. The Bertz CT molecular complexity index is 107. The molecule has 0 saturated carbocycles. The van der Waals surface area contributed by atoms with Crippen LogP contribution >= 0.6 is 0 Å². The van der Waals surface area contributed by atoms with Gasteiger partial charge in [-0.1, -0.05) is 26.7 Å². The molecule has 0 aromatic heterocycles. The van der Waals surface area contributed by atoms with E-state index in [1.165, 1.54) is 6.42 Å². The molecular weight excluding hydrogens is 176 g/mol. The van der Waals surface area contributed by atoms with Gasteiger partial charge in [0.2, 0.25) is 0 Å². The summed E-state index contributed by atoms with van der Waals surface area (Å²) < 4.78 is 0. The van der Waals surface area contributed by atoms with Crippen molar-refractivity contribution in [2.45, 2.75) is 71.5 Å². The smallest absolute Gasteiger partial charge is 0.0540 e. The summed E-state index contributed by atoms with van der Waals surface area (Å²) >= 11 is 0. The highest BCUT2D eigenvalue weighted by Crippen LogP contribution is 2.12. The van der Waals surface area contributed by atoms with Crippen molar-refractivity contribution in [2.24, 2.45) is 5.92 Å². The van der Waals surface area contributed by atoms with Crippen molar-refractivity contribution in [3.8, 4) is 0 Å². The average molecular weight is 202 g/mol. The van der Waals surface area contributed by atoms with Crippen molar-refractivity contribution in [1.29, 1.82) is 0 Å². The van der Waals surface area contributed by atoms with E-state index in [-0.39, 0.29) is 12.2 Å². The van der Waals surface area contributed by atoms with Gasteiger partial charge in [0, 0.05) is 0 Å². The maximum Gasteiger partial charge on any atom is 0.0540 e. The van der Waals surface area contributed by atoms with Crippen molar-refractivity contribution < 1.29 is 10.2 Å². The van der Waals surface area contributed by atoms with Crippen LogP contribution in [0.5, 0.6) is 0 Å². The Hall–Kier alpha value is -0.0800. The normalized spacial score (nSPS) is 15.9. The Kier molecular flexibility index (Phi) is 8.20. The number of hydrogen-bond acceptors (Lipinski definition) is 2. The zero-order valence-electron chi connectivity index (χ0n) is 9.87. The number of hydrogen-bond donors (Lipinski definition) is 2. The van der Waals surface area contributed by atoms with E-state index < -0.39 is 0 Å². The van der Waals surface area contributed by atoms with E-state index in [0.717, 1.165) is 38.0 Å². The van der Waals surface area contributed by atoms with Gasteiger partial charge in [-0.25, -0.2) is 0 Å². The molecule has 2 atom stereocenters. The summed E-state index contributed by atoms with van der Waals surface area (Å²) in [6.45, 7) is 6.21. The van der Waals surface area contributed by atoms with Crippen LogP contribution in [0.2, 0.25) is 0 Å². The molecule has 2 N–H and O–H groups in total. The third-order valence-corrected chi connectivity index (χ3v) is 2.48. The van der Waals surface area contributed by atoms with Gasteiger partial charge in [0.05, 0.1) is 12.2 Å². The molecule has 0 spiro atoms. The van der Waals surface area contributed by atoms with E-state index in [9.17, 15) is 5.11 Å². The minimum atomic E-state index is -0.224. The molecule has 0 fully saturated rings. The highest BCUT2D eigenvalue weighted by molar-refractivity contribution is 4.59. The number of aliphatic hydroxyl groups is 2. The summed E-state index contributed by atoms with van der Waals surface area (Å²) in [6.07, 6.45) is 5.43. The Balaban J connectivity index is 3.23. The minimum absolute atomic E-state index is 0.160. The fourth-order valence-corrected chi connectivity index (χ4v) is 1.55. The van der Waals surface area contributed by atoms with Gasteiger partial charge >= 0.3 is 0 Å². The molecular formula is C12H26O2. The lowest BCUT2D eigenvalue weighted by Crippen LogP contribution is -2.08. The second kappa shape index (κ2) is 8.25.